The second-order valence-corrected chi connectivity index (χ2v) is 5.42. The Bertz CT molecular complexity index is 969. The minimum absolute atomic E-state index is 0.00145. The number of ether oxygens (including phenoxy) is 1. The van der Waals surface area contributed by atoms with Crippen LogP contribution in [0.5, 0.6) is 5.75 Å². The van der Waals surface area contributed by atoms with Crippen LogP contribution in [0.1, 0.15) is 10.4 Å². The number of anilines is 2. The third kappa shape index (κ3) is 2.65. The van der Waals surface area contributed by atoms with E-state index in [1.807, 2.05) is 24.3 Å². The van der Waals surface area contributed by atoms with Crippen molar-refractivity contribution in [2.24, 2.45) is 0 Å². The van der Waals surface area contributed by atoms with Crippen molar-refractivity contribution in [2.45, 2.75) is 0 Å². The van der Waals surface area contributed by atoms with Crippen LogP contribution >= 0.6 is 0 Å². The predicted molar refractivity (Wildman–Crippen MR) is 90.3 cm³/mol. The van der Waals surface area contributed by atoms with Gasteiger partial charge in [-0.25, -0.2) is 0 Å². The number of hydrogen-bond donors (Lipinski definition) is 2. The summed E-state index contributed by atoms with van der Waals surface area (Å²) in [6.45, 7) is 0.00145. The highest BCUT2D eigenvalue weighted by molar-refractivity contribution is 6.06. The van der Waals surface area contributed by atoms with Gasteiger partial charge in [0.1, 0.15) is 5.75 Å². The summed E-state index contributed by atoms with van der Waals surface area (Å²) in [7, 11) is 0. The van der Waals surface area contributed by atoms with Gasteiger partial charge < -0.3 is 15.4 Å². The highest BCUT2D eigenvalue weighted by atomic mass is 16.5. The molecule has 0 fully saturated rings. The normalized spacial score (nSPS) is 12.9. The Labute approximate surface area is 137 Å². The lowest BCUT2D eigenvalue weighted by molar-refractivity contribution is -0.118. The fraction of sp³-hybridized carbons (Fsp3) is 0.0556. The average molecular weight is 319 g/mol. The summed E-state index contributed by atoms with van der Waals surface area (Å²) in [6, 6.07) is 14.5. The molecule has 0 atom stereocenters. The van der Waals surface area contributed by atoms with Crippen molar-refractivity contribution < 1.29 is 14.3 Å². The van der Waals surface area contributed by atoms with Gasteiger partial charge >= 0.3 is 0 Å². The molecule has 4 rings (SSSR count). The number of nitrogens with zero attached hydrogens (tertiary/aromatic N) is 1. The summed E-state index contributed by atoms with van der Waals surface area (Å²) in [6.07, 6.45) is 1.54. The van der Waals surface area contributed by atoms with E-state index in [4.69, 9.17) is 4.74 Å². The molecular weight excluding hydrogens is 306 g/mol. The van der Waals surface area contributed by atoms with Gasteiger partial charge in [0, 0.05) is 17.3 Å². The quantitative estimate of drug-likeness (QED) is 0.761. The maximum absolute atomic E-state index is 12.4. The van der Waals surface area contributed by atoms with Gasteiger partial charge in [-0.2, -0.15) is 0 Å². The van der Waals surface area contributed by atoms with Gasteiger partial charge in [-0.05, 0) is 30.3 Å². The molecule has 1 aromatic heterocycles. The van der Waals surface area contributed by atoms with Crippen molar-refractivity contribution in [1.82, 2.24) is 4.98 Å². The van der Waals surface area contributed by atoms with Crippen molar-refractivity contribution >= 4 is 34.1 Å². The lowest BCUT2D eigenvalue weighted by Crippen LogP contribution is -2.25. The number of fused-ring (bicyclic) bond motifs is 2. The Morgan fingerprint density at radius 2 is 2.04 bits per heavy atom. The van der Waals surface area contributed by atoms with Gasteiger partial charge in [0.2, 0.25) is 0 Å². The molecule has 0 aliphatic carbocycles. The number of aromatic nitrogens is 1. The van der Waals surface area contributed by atoms with Crippen LogP contribution in [0, 0.1) is 0 Å². The largest absolute Gasteiger partial charge is 0.482 e. The van der Waals surface area contributed by atoms with Gasteiger partial charge in [0.15, 0.2) is 6.61 Å². The van der Waals surface area contributed by atoms with Crippen LogP contribution in [0.15, 0.2) is 54.7 Å². The van der Waals surface area contributed by atoms with Gasteiger partial charge in [0.05, 0.1) is 16.8 Å². The number of benzene rings is 2. The van der Waals surface area contributed by atoms with Crippen LogP contribution in [0.3, 0.4) is 0 Å². The van der Waals surface area contributed by atoms with E-state index >= 15 is 0 Å². The zero-order chi connectivity index (χ0) is 16.5. The highest BCUT2D eigenvalue weighted by Crippen LogP contribution is 2.30. The first-order chi connectivity index (χ1) is 11.7. The maximum Gasteiger partial charge on any atom is 0.262 e. The average Bonchev–Trinajstić information content (AvgIpc) is 2.61. The summed E-state index contributed by atoms with van der Waals surface area (Å²) >= 11 is 0. The molecule has 0 unspecified atom stereocenters. The van der Waals surface area contributed by atoms with E-state index in [9.17, 15) is 9.59 Å². The van der Waals surface area contributed by atoms with Crippen molar-refractivity contribution in [1.29, 1.82) is 0 Å². The first kappa shape index (κ1) is 14.2. The summed E-state index contributed by atoms with van der Waals surface area (Å²) in [5.74, 6) is 0.0981. The molecule has 2 heterocycles. The summed E-state index contributed by atoms with van der Waals surface area (Å²) in [5.41, 5.74) is 2.41. The number of carbonyl (C=O) groups excluding carboxylic acids is 2. The van der Waals surface area contributed by atoms with Gasteiger partial charge in [-0.3, -0.25) is 14.6 Å². The SMILES string of the molecule is O=C1COc2ccc(NC(=O)c3cnc4ccccc4c3)cc2N1. The number of pyridine rings is 1. The Hall–Kier alpha value is -3.41. The number of rotatable bonds is 2. The van der Waals surface area contributed by atoms with Crippen LogP contribution in [0.25, 0.3) is 10.9 Å². The number of hydrogen-bond acceptors (Lipinski definition) is 4. The Kier molecular flexibility index (Phi) is 3.35. The van der Waals surface area contributed by atoms with Crippen LogP contribution in [-0.4, -0.2) is 23.4 Å². The van der Waals surface area contributed by atoms with E-state index in [1.165, 1.54) is 0 Å². The Morgan fingerprint density at radius 1 is 1.17 bits per heavy atom. The molecular formula is C18H13N3O3. The van der Waals surface area contributed by atoms with Crippen molar-refractivity contribution in [3.63, 3.8) is 0 Å². The lowest BCUT2D eigenvalue weighted by atomic mass is 10.1. The van der Waals surface area contributed by atoms with E-state index in [2.05, 4.69) is 15.6 Å². The van der Waals surface area contributed by atoms with Crippen LogP contribution in [0.4, 0.5) is 11.4 Å². The van der Waals surface area contributed by atoms with E-state index in [0.717, 1.165) is 10.9 Å². The van der Waals surface area contributed by atoms with Crippen LogP contribution < -0.4 is 15.4 Å². The molecule has 6 heteroatoms. The predicted octanol–water partition coefficient (Wildman–Crippen LogP) is 2.82. The fourth-order valence-electron chi connectivity index (χ4n) is 2.56. The van der Waals surface area contributed by atoms with Crippen LogP contribution in [0.2, 0.25) is 0 Å². The van der Waals surface area contributed by atoms with E-state index in [-0.39, 0.29) is 18.4 Å². The number of nitrogens with one attached hydrogen (secondary N) is 2. The molecule has 0 spiro atoms. The summed E-state index contributed by atoms with van der Waals surface area (Å²) in [5, 5.41) is 6.41. The zero-order valence-electron chi connectivity index (χ0n) is 12.6. The summed E-state index contributed by atoms with van der Waals surface area (Å²) < 4.78 is 5.29. The molecule has 2 amide bonds. The minimum atomic E-state index is -0.267. The number of carbonyl (C=O) groups is 2. The highest BCUT2D eigenvalue weighted by Gasteiger charge is 2.16. The number of amides is 2. The molecule has 118 valence electrons. The fourth-order valence-corrected chi connectivity index (χ4v) is 2.56. The van der Waals surface area contributed by atoms with Crippen molar-refractivity contribution in [3.8, 4) is 5.75 Å². The first-order valence-electron chi connectivity index (χ1n) is 7.42. The minimum Gasteiger partial charge on any atom is -0.482 e. The molecule has 0 saturated heterocycles. The molecule has 1 aliphatic rings. The van der Waals surface area contributed by atoms with Gasteiger partial charge in [0.25, 0.3) is 11.8 Å². The van der Waals surface area contributed by atoms with E-state index in [1.54, 1.807) is 30.5 Å². The summed E-state index contributed by atoms with van der Waals surface area (Å²) in [4.78, 5) is 28.1. The monoisotopic (exact) mass is 319 g/mol. The van der Waals surface area contributed by atoms with E-state index < -0.39 is 0 Å². The topological polar surface area (TPSA) is 80.3 Å². The molecule has 0 bridgehead atoms. The van der Waals surface area contributed by atoms with Gasteiger partial charge in [-0.15, -0.1) is 0 Å². The molecule has 1 aliphatic heterocycles. The van der Waals surface area contributed by atoms with Crippen molar-refractivity contribution in [2.75, 3.05) is 17.2 Å². The molecule has 3 aromatic rings. The van der Waals surface area contributed by atoms with Crippen LogP contribution in [-0.2, 0) is 4.79 Å². The van der Waals surface area contributed by atoms with Gasteiger partial charge in [-0.1, -0.05) is 18.2 Å². The zero-order valence-corrected chi connectivity index (χ0v) is 12.6. The second kappa shape index (κ2) is 5.66. The number of para-hydroxylation sites is 1. The molecule has 2 aromatic carbocycles. The molecule has 0 radical (unpaired) electrons. The molecule has 24 heavy (non-hydrogen) atoms. The third-order valence-corrected chi connectivity index (χ3v) is 3.72. The Balaban J connectivity index is 1.59. The molecule has 2 N–H and O–H groups in total. The Morgan fingerprint density at radius 3 is 2.96 bits per heavy atom. The molecule has 6 nitrogen and oxygen atoms in total. The standard InChI is InChI=1S/C18H13N3O3/c22-17-10-24-16-6-5-13(8-15(16)21-17)20-18(23)12-7-11-3-1-2-4-14(11)19-9-12/h1-9H,10H2,(H,20,23)(H,21,22). The maximum atomic E-state index is 12.4. The smallest absolute Gasteiger partial charge is 0.262 e. The van der Waals surface area contributed by atoms with Crippen molar-refractivity contribution in [3.05, 3.63) is 60.3 Å². The molecule has 0 saturated carbocycles. The van der Waals surface area contributed by atoms with E-state index in [0.29, 0.717) is 22.7 Å². The second-order valence-electron chi connectivity index (χ2n) is 5.42. The third-order valence-electron chi connectivity index (χ3n) is 3.72. The first-order valence-corrected chi connectivity index (χ1v) is 7.42. The lowest BCUT2D eigenvalue weighted by Gasteiger charge is -2.18.